The minimum atomic E-state index is -0.361. The summed E-state index contributed by atoms with van der Waals surface area (Å²) in [6, 6.07) is 0. The Bertz CT molecular complexity index is 467. The molecule has 3 fully saturated rings. The third kappa shape index (κ3) is 2.00. The predicted molar refractivity (Wildman–Crippen MR) is 91.6 cm³/mol. The lowest BCUT2D eigenvalue weighted by atomic mass is 9.50. The van der Waals surface area contributed by atoms with E-state index in [2.05, 4.69) is 19.9 Å². The largest absolute Gasteiger partial charge is 0.389 e. The van der Waals surface area contributed by atoms with Gasteiger partial charge in [-0.1, -0.05) is 31.9 Å². The highest BCUT2D eigenvalue weighted by molar-refractivity contribution is 5.19. The molecule has 6 unspecified atom stereocenters. The quantitative estimate of drug-likeness (QED) is 0.670. The van der Waals surface area contributed by atoms with Gasteiger partial charge < -0.3 is 5.11 Å². The van der Waals surface area contributed by atoms with E-state index in [1.54, 1.807) is 0 Å². The minimum absolute atomic E-state index is 0.208. The molecule has 0 bridgehead atoms. The molecule has 0 heterocycles. The van der Waals surface area contributed by atoms with Crippen LogP contribution in [0.15, 0.2) is 11.6 Å². The second kappa shape index (κ2) is 5.36. The lowest BCUT2D eigenvalue weighted by molar-refractivity contribution is -0.121. The Balaban J connectivity index is 1.61. The molecule has 0 amide bonds. The van der Waals surface area contributed by atoms with Gasteiger partial charge in [0.2, 0.25) is 0 Å². The molecular weight excluding hydrogens is 268 g/mol. The summed E-state index contributed by atoms with van der Waals surface area (Å²) in [4.78, 5) is 0. The standard InChI is InChI=1S/C21H34O/c1-3-12-21(22)14-11-19-18-9-8-15-6-4-5-7-16(15)17(18)10-13-20(19,21)2/h6,16-19,22H,3-5,7-14H2,1-2H3. The maximum absolute atomic E-state index is 11.4. The average Bonchev–Trinajstić information content (AvgIpc) is 2.79. The van der Waals surface area contributed by atoms with Crippen LogP contribution >= 0.6 is 0 Å². The van der Waals surface area contributed by atoms with Crippen LogP contribution in [-0.4, -0.2) is 10.7 Å². The van der Waals surface area contributed by atoms with E-state index in [0.29, 0.717) is 0 Å². The molecule has 1 heteroatoms. The van der Waals surface area contributed by atoms with Crippen molar-refractivity contribution in [2.24, 2.45) is 29.1 Å². The summed E-state index contributed by atoms with van der Waals surface area (Å²) in [7, 11) is 0. The second-order valence-electron chi connectivity index (χ2n) is 9.07. The minimum Gasteiger partial charge on any atom is -0.389 e. The SMILES string of the molecule is CCCC1(O)CCC2C3CCC4=CCCCC4C3CCC21C. The van der Waals surface area contributed by atoms with Crippen molar-refractivity contribution in [3.8, 4) is 0 Å². The van der Waals surface area contributed by atoms with Crippen molar-refractivity contribution < 1.29 is 5.11 Å². The Hall–Kier alpha value is -0.300. The third-order valence-electron chi connectivity index (χ3n) is 8.36. The first kappa shape index (κ1) is 15.2. The van der Waals surface area contributed by atoms with Crippen LogP contribution in [0.2, 0.25) is 0 Å². The molecule has 6 atom stereocenters. The molecular formula is C21H34O. The average molecular weight is 303 g/mol. The number of hydrogen-bond acceptors (Lipinski definition) is 1. The monoisotopic (exact) mass is 302 g/mol. The van der Waals surface area contributed by atoms with Crippen LogP contribution in [0.25, 0.3) is 0 Å². The van der Waals surface area contributed by atoms with E-state index in [-0.39, 0.29) is 11.0 Å². The number of aliphatic hydroxyl groups is 1. The van der Waals surface area contributed by atoms with Crippen LogP contribution < -0.4 is 0 Å². The smallest absolute Gasteiger partial charge is 0.0703 e. The van der Waals surface area contributed by atoms with Crippen molar-refractivity contribution in [2.75, 3.05) is 0 Å². The zero-order valence-corrected chi connectivity index (χ0v) is 14.6. The number of fused-ring (bicyclic) bond motifs is 5. The van der Waals surface area contributed by atoms with E-state index in [0.717, 1.165) is 42.9 Å². The van der Waals surface area contributed by atoms with Crippen molar-refractivity contribution in [2.45, 2.75) is 90.1 Å². The molecule has 4 aliphatic rings. The summed E-state index contributed by atoms with van der Waals surface area (Å²) >= 11 is 0. The molecule has 0 aromatic heterocycles. The van der Waals surface area contributed by atoms with Crippen molar-refractivity contribution >= 4 is 0 Å². The molecule has 0 aromatic rings. The van der Waals surface area contributed by atoms with Gasteiger partial charge in [0, 0.05) is 0 Å². The van der Waals surface area contributed by atoms with E-state index >= 15 is 0 Å². The highest BCUT2D eigenvalue weighted by atomic mass is 16.3. The fourth-order valence-corrected chi connectivity index (χ4v) is 7.24. The Morgan fingerprint density at radius 3 is 2.82 bits per heavy atom. The Kier molecular flexibility index (Phi) is 3.72. The van der Waals surface area contributed by atoms with Gasteiger partial charge in [-0.3, -0.25) is 0 Å². The third-order valence-corrected chi connectivity index (χ3v) is 8.36. The summed E-state index contributed by atoms with van der Waals surface area (Å²) < 4.78 is 0. The summed E-state index contributed by atoms with van der Waals surface area (Å²) in [6.07, 6.45) is 16.7. The molecule has 4 rings (SSSR count). The predicted octanol–water partition coefficient (Wildman–Crippen LogP) is 5.48. The van der Waals surface area contributed by atoms with Gasteiger partial charge in [0.05, 0.1) is 5.60 Å². The first-order valence-corrected chi connectivity index (χ1v) is 10.0. The molecule has 0 saturated heterocycles. The van der Waals surface area contributed by atoms with Crippen LogP contribution in [0.5, 0.6) is 0 Å². The van der Waals surface area contributed by atoms with Gasteiger partial charge in [-0.05, 0) is 93.3 Å². The van der Waals surface area contributed by atoms with Crippen LogP contribution in [0.1, 0.15) is 84.5 Å². The molecule has 1 N–H and O–H groups in total. The lowest BCUT2D eigenvalue weighted by Crippen LogP contribution is -2.52. The second-order valence-corrected chi connectivity index (χ2v) is 9.07. The first-order chi connectivity index (χ1) is 10.6. The molecule has 0 spiro atoms. The summed E-state index contributed by atoms with van der Waals surface area (Å²) in [5, 5.41) is 11.4. The zero-order chi connectivity index (χ0) is 15.4. The molecule has 0 aliphatic heterocycles. The molecule has 4 aliphatic carbocycles. The summed E-state index contributed by atoms with van der Waals surface area (Å²) in [5.74, 6) is 3.57. The number of rotatable bonds is 2. The van der Waals surface area contributed by atoms with E-state index in [1.165, 1.54) is 51.4 Å². The number of allylic oxidation sites excluding steroid dienone is 2. The highest BCUT2D eigenvalue weighted by Crippen LogP contribution is 2.65. The van der Waals surface area contributed by atoms with Crippen LogP contribution in [0.3, 0.4) is 0 Å². The van der Waals surface area contributed by atoms with Crippen LogP contribution in [0, 0.1) is 29.1 Å². The van der Waals surface area contributed by atoms with Gasteiger partial charge in [0.15, 0.2) is 0 Å². The topological polar surface area (TPSA) is 20.2 Å². The summed E-state index contributed by atoms with van der Waals surface area (Å²) in [6.45, 7) is 4.68. The summed E-state index contributed by atoms with van der Waals surface area (Å²) in [5.41, 5.74) is 1.66. The zero-order valence-electron chi connectivity index (χ0n) is 14.6. The number of hydrogen-bond donors (Lipinski definition) is 1. The normalized spacial score (nSPS) is 50.8. The molecule has 1 nitrogen and oxygen atoms in total. The molecule has 0 radical (unpaired) electrons. The molecule has 3 saturated carbocycles. The Morgan fingerprint density at radius 1 is 1.14 bits per heavy atom. The highest BCUT2D eigenvalue weighted by Gasteiger charge is 2.61. The van der Waals surface area contributed by atoms with Gasteiger partial charge >= 0.3 is 0 Å². The fourth-order valence-electron chi connectivity index (χ4n) is 7.24. The molecule has 22 heavy (non-hydrogen) atoms. The van der Waals surface area contributed by atoms with Crippen LogP contribution in [0.4, 0.5) is 0 Å². The van der Waals surface area contributed by atoms with Gasteiger partial charge in [-0.2, -0.15) is 0 Å². The van der Waals surface area contributed by atoms with E-state index < -0.39 is 0 Å². The van der Waals surface area contributed by atoms with Crippen LogP contribution in [-0.2, 0) is 0 Å². The van der Waals surface area contributed by atoms with Crippen molar-refractivity contribution in [3.05, 3.63) is 11.6 Å². The maximum Gasteiger partial charge on any atom is 0.0703 e. The first-order valence-electron chi connectivity index (χ1n) is 10.0. The lowest BCUT2D eigenvalue weighted by Gasteiger charge is -2.56. The van der Waals surface area contributed by atoms with E-state index in [1.807, 2.05) is 5.57 Å². The van der Waals surface area contributed by atoms with Gasteiger partial charge in [-0.25, -0.2) is 0 Å². The maximum atomic E-state index is 11.4. The van der Waals surface area contributed by atoms with Gasteiger partial charge in [-0.15, -0.1) is 0 Å². The fraction of sp³-hybridized carbons (Fsp3) is 0.905. The molecule has 124 valence electrons. The van der Waals surface area contributed by atoms with E-state index in [4.69, 9.17) is 0 Å². The van der Waals surface area contributed by atoms with Crippen molar-refractivity contribution in [1.82, 2.24) is 0 Å². The van der Waals surface area contributed by atoms with Gasteiger partial charge in [0.1, 0.15) is 0 Å². The molecule has 0 aromatic carbocycles. The van der Waals surface area contributed by atoms with Crippen molar-refractivity contribution in [1.29, 1.82) is 0 Å². The van der Waals surface area contributed by atoms with Gasteiger partial charge in [0.25, 0.3) is 0 Å². The Morgan fingerprint density at radius 2 is 2.00 bits per heavy atom. The van der Waals surface area contributed by atoms with Crippen molar-refractivity contribution in [3.63, 3.8) is 0 Å². The Labute approximate surface area is 136 Å². The van der Waals surface area contributed by atoms with E-state index in [9.17, 15) is 5.11 Å².